The topological polar surface area (TPSA) is 85.9 Å². The van der Waals surface area contributed by atoms with Gasteiger partial charge in [0.2, 0.25) is 0 Å². The average Bonchev–Trinajstić information content (AvgIpc) is 2.54. The Morgan fingerprint density at radius 3 is 2.60 bits per heavy atom. The molecule has 0 saturated carbocycles. The fourth-order valence-corrected chi connectivity index (χ4v) is 2.64. The summed E-state index contributed by atoms with van der Waals surface area (Å²) in [5.41, 5.74) is 1.53. The lowest BCUT2D eigenvalue weighted by Gasteiger charge is -2.28. The van der Waals surface area contributed by atoms with Crippen molar-refractivity contribution in [3.05, 3.63) is 35.0 Å². The highest BCUT2D eigenvalue weighted by Gasteiger charge is 2.32. The third-order valence-electron chi connectivity index (χ3n) is 3.65. The van der Waals surface area contributed by atoms with Crippen molar-refractivity contribution < 1.29 is 23.8 Å². The Bertz CT molecular complexity index is 697. The van der Waals surface area contributed by atoms with Gasteiger partial charge in [0, 0.05) is 5.70 Å². The van der Waals surface area contributed by atoms with Crippen molar-refractivity contribution in [2.24, 2.45) is 0 Å². The quantitative estimate of drug-likeness (QED) is 0.772. The molecule has 1 aromatic carbocycles. The van der Waals surface area contributed by atoms with Gasteiger partial charge < -0.3 is 24.8 Å². The molecule has 1 aliphatic rings. The molecule has 1 atom stereocenters. The zero-order valence-electron chi connectivity index (χ0n) is 15.1. The molecule has 25 heavy (non-hydrogen) atoms. The predicted octanol–water partition coefficient (Wildman–Crippen LogP) is 2.67. The summed E-state index contributed by atoms with van der Waals surface area (Å²) in [6, 6.07) is 4.30. The van der Waals surface area contributed by atoms with Crippen molar-refractivity contribution in [3.8, 4) is 11.5 Å². The number of rotatable bonds is 6. The fraction of sp³-hybridized carbons (Fsp3) is 0.444. The van der Waals surface area contributed by atoms with Gasteiger partial charge in [0.1, 0.15) is 0 Å². The summed E-state index contributed by atoms with van der Waals surface area (Å²) in [5, 5.41) is 5.37. The van der Waals surface area contributed by atoms with Crippen LogP contribution in [0.3, 0.4) is 0 Å². The van der Waals surface area contributed by atoms with Gasteiger partial charge in [-0.2, -0.15) is 0 Å². The molecule has 0 spiro atoms. The minimum atomic E-state index is -0.630. The van der Waals surface area contributed by atoms with Crippen LogP contribution in [-0.4, -0.2) is 31.8 Å². The highest BCUT2D eigenvalue weighted by atomic mass is 16.5. The number of carbonyl (C=O) groups excluding carboxylic acids is 2. The molecule has 2 rings (SSSR count). The summed E-state index contributed by atoms with van der Waals surface area (Å²) in [7, 11) is 1.54. The number of urea groups is 1. The van der Waals surface area contributed by atoms with E-state index in [1.54, 1.807) is 39.2 Å². The maximum absolute atomic E-state index is 12.3. The molecule has 1 unspecified atom stereocenters. The molecule has 1 aromatic rings. The molecule has 7 heteroatoms. The number of carbonyl (C=O) groups is 2. The van der Waals surface area contributed by atoms with Crippen molar-refractivity contribution in [1.29, 1.82) is 0 Å². The van der Waals surface area contributed by atoms with Crippen molar-refractivity contribution in [2.75, 3.05) is 13.7 Å². The van der Waals surface area contributed by atoms with Crippen molar-refractivity contribution in [1.82, 2.24) is 10.6 Å². The second-order valence-corrected chi connectivity index (χ2v) is 5.87. The number of ether oxygens (including phenoxy) is 3. The summed E-state index contributed by atoms with van der Waals surface area (Å²) in [5.74, 6) is 0.652. The van der Waals surface area contributed by atoms with Crippen molar-refractivity contribution in [2.45, 2.75) is 39.8 Å². The summed E-state index contributed by atoms with van der Waals surface area (Å²) in [6.45, 7) is 7.50. The normalized spacial score (nSPS) is 17.0. The van der Waals surface area contributed by atoms with Gasteiger partial charge in [0.05, 0.1) is 31.4 Å². The van der Waals surface area contributed by atoms with Gasteiger partial charge in [-0.3, -0.25) is 0 Å². The maximum Gasteiger partial charge on any atom is 0.338 e. The van der Waals surface area contributed by atoms with E-state index >= 15 is 0 Å². The molecule has 1 heterocycles. The van der Waals surface area contributed by atoms with E-state index < -0.39 is 12.0 Å². The maximum atomic E-state index is 12.3. The van der Waals surface area contributed by atoms with E-state index in [1.165, 1.54) is 0 Å². The number of benzene rings is 1. The highest BCUT2D eigenvalue weighted by molar-refractivity contribution is 5.95. The van der Waals surface area contributed by atoms with Gasteiger partial charge in [-0.1, -0.05) is 6.07 Å². The Kier molecular flexibility index (Phi) is 5.90. The lowest BCUT2D eigenvalue weighted by molar-refractivity contribution is -0.139. The largest absolute Gasteiger partial charge is 0.493 e. The SMILES string of the molecule is CCOC(=O)C1=C(C)NC(=O)NC1c1ccc(OC(C)C)c(OC)c1. The third-order valence-corrected chi connectivity index (χ3v) is 3.65. The number of hydrogen-bond donors (Lipinski definition) is 2. The highest BCUT2D eigenvalue weighted by Crippen LogP contribution is 2.34. The molecule has 0 aromatic heterocycles. The van der Waals surface area contributed by atoms with Crippen LogP contribution in [0.1, 0.15) is 39.3 Å². The molecule has 2 N–H and O–H groups in total. The van der Waals surface area contributed by atoms with Gasteiger partial charge in [0.15, 0.2) is 11.5 Å². The van der Waals surface area contributed by atoms with E-state index in [9.17, 15) is 9.59 Å². The first-order valence-corrected chi connectivity index (χ1v) is 8.17. The minimum Gasteiger partial charge on any atom is -0.493 e. The summed E-state index contributed by atoms with van der Waals surface area (Å²) in [6.07, 6.45) is -0.00411. The zero-order chi connectivity index (χ0) is 18.6. The molecule has 0 fully saturated rings. The lowest BCUT2D eigenvalue weighted by Crippen LogP contribution is -2.45. The molecule has 0 radical (unpaired) electrons. The number of methoxy groups -OCH3 is 1. The molecular weight excluding hydrogens is 324 g/mol. The monoisotopic (exact) mass is 348 g/mol. The van der Waals surface area contributed by atoms with Crippen LogP contribution in [0, 0.1) is 0 Å². The van der Waals surface area contributed by atoms with E-state index in [4.69, 9.17) is 14.2 Å². The summed E-state index contributed by atoms with van der Waals surface area (Å²) < 4.78 is 16.2. The number of amides is 2. The van der Waals surface area contributed by atoms with Gasteiger partial charge in [-0.05, 0) is 45.4 Å². The van der Waals surface area contributed by atoms with Crippen LogP contribution in [0.4, 0.5) is 4.79 Å². The fourth-order valence-electron chi connectivity index (χ4n) is 2.64. The van der Waals surface area contributed by atoms with E-state index in [-0.39, 0.29) is 18.7 Å². The van der Waals surface area contributed by atoms with Crippen molar-refractivity contribution in [3.63, 3.8) is 0 Å². The Morgan fingerprint density at radius 1 is 1.28 bits per heavy atom. The van der Waals surface area contributed by atoms with Crippen LogP contribution in [0.15, 0.2) is 29.5 Å². The Labute approximate surface area is 147 Å². The van der Waals surface area contributed by atoms with Crippen LogP contribution in [0.2, 0.25) is 0 Å². The van der Waals surface area contributed by atoms with Gasteiger partial charge in [0.25, 0.3) is 0 Å². The molecule has 7 nitrogen and oxygen atoms in total. The lowest BCUT2D eigenvalue weighted by atomic mass is 9.95. The van der Waals surface area contributed by atoms with Crippen molar-refractivity contribution >= 4 is 12.0 Å². The molecule has 0 saturated heterocycles. The van der Waals surface area contributed by atoms with Crippen LogP contribution < -0.4 is 20.1 Å². The summed E-state index contributed by atoms with van der Waals surface area (Å²) >= 11 is 0. The number of allylic oxidation sites excluding steroid dienone is 1. The Balaban J connectivity index is 2.44. The van der Waals surface area contributed by atoms with E-state index in [0.29, 0.717) is 28.3 Å². The smallest absolute Gasteiger partial charge is 0.338 e. The number of esters is 1. The second-order valence-electron chi connectivity index (χ2n) is 5.87. The van der Waals surface area contributed by atoms with Crippen LogP contribution in [0.5, 0.6) is 11.5 Å². The molecule has 0 bridgehead atoms. The molecule has 2 amide bonds. The van der Waals surface area contributed by atoms with Crippen LogP contribution in [-0.2, 0) is 9.53 Å². The Hall–Kier alpha value is -2.70. The molecule has 136 valence electrons. The molecular formula is C18H24N2O5. The number of nitrogens with one attached hydrogen (secondary N) is 2. The predicted molar refractivity (Wildman–Crippen MR) is 92.5 cm³/mol. The Morgan fingerprint density at radius 2 is 2.00 bits per heavy atom. The number of hydrogen-bond acceptors (Lipinski definition) is 5. The summed E-state index contributed by atoms with van der Waals surface area (Å²) in [4.78, 5) is 24.2. The van der Waals surface area contributed by atoms with Gasteiger partial charge >= 0.3 is 12.0 Å². The first-order valence-electron chi connectivity index (χ1n) is 8.17. The first kappa shape index (κ1) is 18.6. The third kappa shape index (κ3) is 4.23. The van der Waals surface area contributed by atoms with Gasteiger partial charge in [-0.15, -0.1) is 0 Å². The standard InChI is InChI=1S/C18H24N2O5/c1-6-24-17(21)15-11(4)19-18(22)20-16(15)12-7-8-13(25-10(2)3)14(9-12)23-5/h7-10,16H,6H2,1-5H3,(H2,19,20,22). The first-order chi connectivity index (χ1) is 11.9. The average molecular weight is 348 g/mol. The zero-order valence-corrected chi connectivity index (χ0v) is 15.1. The van der Waals surface area contributed by atoms with Gasteiger partial charge in [-0.25, -0.2) is 9.59 Å². The van der Waals surface area contributed by atoms with E-state index in [1.807, 2.05) is 13.8 Å². The molecule has 0 aliphatic carbocycles. The van der Waals surface area contributed by atoms with Crippen LogP contribution in [0.25, 0.3) is 0 Å². The molecule has 1 aliphatic heterocycles. The minimum absolute atomic E-state index is 0.00411. The van der Waals surface area contributed by atoms with Crippen LogP contribution >= 0.6 is 0 Å². The van der Waals surface area contributed by atoms with E-state index in [0.717, 1.165) is 0 Å². The second kappa shape index (κ2) is 7.92. The van der Waals surface area contributed by atoms with E-state index in [2.05, 4.69) is 10.6 Å².